The number of nitrogens with zero attached hydrogens (tertiary/aromatic N) is 1. The van der Waals surface area contributed by atoms with E-state index < -0.39 is 0 Å². The fourth-order valence-corrected chi connectivity index (χ4v) is 2.55. The van der Waals surface area contributed by atoms with Crippen LogP contribution in [0.25, 0.3) is 0 Å². The molecule has 0 spiro atoms. The Morgan fingerprint density at radius 3 is 2.54 bits per heavy atom. The number of amides is 1. The van der Waals surface area contributed by atoms with Gasteiger partial charge in [-0.25, -0.2) is 5.43 Å². The van der Waals surface area contributed by atoms with E-state index in [0.717, 1.165) is 16.5 Å². The van der Waals surface area contributed by atoms with E-state index in [1.807, 2.05) is 25.1 Å². The number of methoxy groups -OCH3 is 2. The zero-order valence-corrected chi connectivity index (χ0v) is 16.5. The summed E-state index contributed by atoms with van der Waals surface area (Å²) in [5, 5.41) is 4.00. The van der Waals surface area contributed by atoms with E-state index in [1.165, 1.54) is 13.3 Å². The highest BCUT2D eigenvalue weighted by Gasteiger charge is 2.11. The van der Waals surface area contributed by atoms with Crippen molar-refractivity contribution in [2.45, 2.75) is 13.3 Å². The third-order valence-electron chi connectivity index (χ3n) is 3.45. The number of carbonyl (C=O) groups excluding carboxylic acids is 1. The van der Waals surface area contributed by atoms with Crippen molar-refractivity contribution in [2.75, 3.05) is 20.8 Å². The van der Waals surface area contributed by atoms with Crippen molar-refractivity contribution in [3.05, 3.63) is 52.0 Å². The van der Waals surface area contributed by atoms with Crippen LogP contribution < -0.4 is 19.6 Å². The summed E-state index contributed by atoms with van der Waals surface area (Å²) < 4.78 is 17.0. The summed E-state index contributed by atoms with van der Waals surface area (Å²) in [4.78, 5) is 12.3. The lowest BCUT2D eigenvalue weighted by Gasteiger charge is -2.11. The fourth-order valence-electron chi connectivity index (χ4n) is 2.17. The van der Waals surface area contributed by atoms with E-state index in [2.05, 4.69) is 26.5 Å². The summed E-state index contributed by atoms with van der Waals surface area (Å²) in [6.45, 7) is 2.60. The Morgan fingerprint density at radius 2 is 1.85 bits per heavy atom. The van der Waals surface area contributed by atoms with E-state index in [1.54, 1.807) is 25.3 Å². The Kier molecular flexibility index (Phi) is 7.47. The van der Waals surface area contributed by atoms with Crippen molar-refractivity contribution < 1.29 is 19.0 Å². The van der Waals surface area contributed by atoms with E-state index in [-0.39, 0.29) is 5.91 Å². The van der Waals surface area contributed by atoms with Crippen LogP contribution in [0.5, 0.6) is 17.2 Å². The first-order valence-electron chi connectivity index (χ1n) is 8.06. The lowest BCUT2D eigenvalue weighted by atomic mass is 10.2. The Bertz CT molecular complexity index is 793. The van der Waals surface area contributed by atoms with Gasteiger partial charge in [-0.1, -0.05) is 22.9 Å². The second kappa shape index (κ2) is 9.82. The van der Waals surface area contributed by atoms with Gasteiger partial charge in [0, 0.05) is 15.6 Å². The molecule has 0 aromatic heterocycles. The fraction of sp³-hybridized carbons (Fsp3) is 0.263. The van der Waals surface area contributed by atoms with Gasteiger partial charge in [0.25, 0.3) is 5.91 Å². The number of benzene rings is 2. The summed E-state index contributed by atoms with van der Waals surface area (Å²) in [6.07, 6.45) is 2.41. The highest BCUT2D eigenvalue weighted by Crippen LogP contribution is 2.28. The van der Waals surface area contributed by atoms with E-state index in [9.17, 15) is 4.79 Å². The van der Waals surface area contributed by atoms with Gasteiger partial charge in [-0.15, -0.1) is 0 Å². The monoisotopic (exact) mass is 420 g/mol. The summed E-state index contributed by atoms with van der Waals surface area (Å²) >= 11 is 3.39. The average Bonchev–Trinajstić information content (AvgIpc) is 2.66. The van der Waals surface area contributed by atoms with Crippen LogP contribution in [0, 0.1) is 0 Å². The number of halogens is 1. The molecule has 2 rings (SSSR count). The molecule has 0 heterocycles. The van der Waals surface area contributed by atoms with Gasteiger partial charge >= 0.3 is 0 Å². The van der Waals surface area contributed by atoms with Crippen molar-refractivity contribution in [1.82, 2.24) is 5.43 Å². The average molecular weight is 421 g/mol. The van der Waals surface area contributed by atoms with E-state index in [4.69, 9.17) is 14.2 Å². The maximum absolute atomic E-state index is 12.3. The summed E-state index contributed by atoms with van der Waals surface area (Å²) in [5.41, 5.74) is 3.65. The molecule has 0 unspecified atom stereocenters. The van der Waals surface area contributed by atoms with Gasteiger partial charge in [-0.05, 0) is 42.8 Å². The minimum atomic E-state index is -0.351. The Labute approximate surface area is 161 Å². The second-order valence-corrected chi connectivity index (χ2v) is 6.22. The highest BCUT2D eigenvalue weighted by atomic mass is 79.9. The lowest BCUT2D eigenvalue weighted by Crippen LogP contribution is -2.17. The molecule has 26 heavy (non-hydrogen) atoms. The molecule has 7 heteroatoms. The maximum atomic E-state index is 12.3. The summed E-state index contributed by atoms with van der Waals surface area (Å²) in [6, 6.07) is 10.5. The van der Waals surface area contributed by atoms with Gasteiger partial charge in [0.15, 0.2) is 11.5 Å². The van der Waals surface area contributed by atoms with Crippen LogP contribution >= 0.6 is 15.9 Å². The minimum Gasteiger partial charge on any atom is -0.496 e. The van der Waals surface area contributed by atoms with Gasteiger partial charge in [0.2, 0.25) is 0 Å². The molecule has 1 amide bonds. The molecule has 0 radical (unpaired) electrons. The number of ether oxygens (including phenoxy) is 3. The van der Waals surface area contributed by atoms with Crippen LogP contribution in [0.4, 0.5) is 0 Å². The van der Waals surface area contributed by atoms with Crippen LogP contribution in [0.2, 0.25) is 0 Å². The molecule has 1 N–H and O–H groups in total. The number of hydrogen-bond acceptors (Lipinski definition) is 5. The van der Waals surface area contributed by atoms with E-state index >= 15 is 0 Å². The first-order valence-corrected chi connectivity index (χ1v) is 8.86. The van der Waals surface area contributed by atoms with Crippen LogP contribution in [-0.2, 0) is 0 Å². The lowest BCUT2D eigenvalue weighted by molar-refractivity contribution is 0.0954. The largest absolute Gasteiger partial charge is 0.496 e. The second-order valence-electron chi connectivity index (χ2n) is 5.30. The van der Waals surface area contributed by atoms with Crippen molar-refractivity contribution in [3.63, 3.8) is 0 Å². The Morgan fingerprint density at radius 1 is 1.12 bits per heavy atom. The molecule has 0 saturated carbocycles. The number of carbonyl (C=O) groups is 1. The highest BCUT2D eigenvalue weighted by molar-refractivity contribution is 9.10. The van der Waals surface area contributed by atoms with Crippen LogP contribution in [-0.4, -0.2) is 32.9 Å². The maximum Gasteiger partial charge on any atom is 0.271 e. The van der Waals surface area contributed by atoms with Crippen molar-refractivity contribution in [2.24, 2.45) is 5.10 Å². The Hall–Kier alpha value is -2.54. The van der Waals surface area contributed by atoms with Crippen LogP contribution in [0.1, 0.15) is 29.3 Å². The van der Waals surface area contributed by atoms with Crippen molar-refractivity contribution in [1.29, 1.82) is 0 Å². The molecule has 6 nitrogen and oxygen atoms in total. The zero-order chi connectivity index (χ0) is 18.9. The molecule has 0 aliphatic carbocycles. The molecule has 0 aliphatic heterocycles. The van der Waals surface area contributed by atoms with Gasteiger partial charge in [-0.2, -0.15) is 5.10 Å². The predicted octanol–water partition coefficient (Wildman–Crippen LogP) is 4.02. The minimum absolute atomic E-state index is 0.351. The Balaban J connectivity index is 2.09. The third-order valence-corrected chi connectivity index (χ3v) is 3.94. The zero-order valence-electron chi connectivity index (χ0n) is 14.9. The molecular weight excluding hydrogens is 400 g/mol. The summed E-state index contributed by atoms with van der Waals surface area (Å²) in [7, 11) is 3.11. The van der Waals surface area contributed by atoms with Gasteiger partial charge < -0.3 is 14.2 Å². The summed E-state index contributed by atoms with van der Waals surface area (Å²) in [5.74, 6) is 1.41. The van der Waals surface area contributed by atoms with Crippen molar-refractivity contribution in [3.8, 4) is 17.2 Å². The predicted molar refractivity (Wildman–Crippen MR) is 105 cm³/mol. The molecule has 2 aromatic rings. The van der Waals surface area contributed by atoms with Gasteiger partial charge in [-0.3, -0.25) is 4.79 Å². The quantitative estimate of drug-likeness (QED) is 0.517. The first kappa shape index (κ1) is 19.8. The molecule has 0 saturated heterocycles. The third kappa shape index (κ3) is 5.23. The normalized spacial score (nSPS) is 10.6. The number of rotatable bonds is 8. The number of hydrogen-bond donors (Lipinski definition) is 1. The van der Waals surface area contributed by atoms with Gasteiger partial charge in [0.05, 0.1) is 27.0 Å². The molecule has 138 valence electrons. The molecular formula is C19H21BrN2O4. The van der Waals surface area contributed by atoms with E-state index in [0.29, 0.717) is 29.4 Å². The molecule has 0 aliphatic rings. The first-order chi connectivity index (χ1) is 12.6. The number of hydrazone groups is 1. The molecule has 0 bridgehead atoms. The van der Waals surface area contributed by atoms with Crippen molar-refractivity contribution >= 4 is 28.1 Å². The smallest absolute Gasteiger partial charge is 0.271 e. The van der Waals surface area contributed by atoms with Crippen LogP contribution in [0.15, 0.2) is 46.0 Å². The van der Waals surface area contributed by atoms with Gasteiger partial charge in [0.1, 0.15) is 5.75 Å². The number of nitrogens with one attached hydrogen (secondary N) is 1. The standard InChI is InChI=1S/C19H21BrN2O4/c1-4-9-26-17-7-5-13(11-18(17)25-3)19(23)22-21-12-14-10-15(20)6-8-16(14)24-2/h5-8,10-12H,4,9H2,1-3H3,(H,22,23)/b21-12+. The molecule has 0 fully saturated rings. The van der Waals surface area contributed by atoms with Crippen LogP contribution in [0.3, 0.4) is 0 Å². The topological polar surface area (TPSA) is 69.2 Å². The SMILES string of the molecule is CCCOc1ccc(C(=O)N/N=C/c2cc(Br)ccc2OC)cc1OC. The molecule has 0 atom stereocenters. The molecule has 2 aromatic carbocycles.